The Bertz CT molecular complexity index is 1840. The van der Waals surface area contributed by atoms with Crippen LogP contribution in [-0.4, -0.2) is 44.6 Å². The first-order chi connectivity index (χ1) is 21.4. The van der Waals surface area contributed by atoms with Crippen molar-refractivity contribution in [3.63, 3.8) is 0 Å². The number of nitrogens with zero attached hydrogens (tertiary/aromatic N) is 1. The predicted octanol–water partition coefficient (Wildman–Crippen LogP) is 5.62. The molecule has 0 aromatic heterocycles. The monoisotopic (exact) mass is 638 g/mol. The minimum Gasteiger partial charge on any atom is -0.492 e. The van der Waals surface area contributed by atoms with Crippen molar-refractivity contribution in [2.24, 2.45) is 0 Å². The third-order valence-corrected chi connectivity index (χ3v) is 9.35. The molecule has 1 heterocycles. The van der Waals surface area contributed by atoms with Crippen molar-refractivity contribution < 1.29 is 41.0 Å². The molecule has 0 fully saturated rings. The van der Waals surface area contributed by atoms with Crippen molar-refractivity contribution >= 4 is 27.6 Å². The summed E-state index contributed by atoms with van der Waals surface area (Å²) in [6.45, 7) is 1.92. The van der Waals surface area contributed by atoms with Crippen LogP contribution in [0.2, 0.25) is 0 Å². The molecule has 0 bridgehead atoms. The summed E-state index contributed by atoms with van der Waals surface area (Å²) in [7, 11) is -4.30. The summed E-state index contributed by atoms with van der Waals surface area (Å²) >= 11 is 0. The van der Waals surface area contributed by atoms with E-state index in [1.807, 2.05) is 0 Å². The summed E-state index contributed by atoms with van der Waals surface area (Å²) < 4.78 is 75.3. The molecule has 1 amide bonds. The number of hydrogen-bond donors (Lipinski definition) is 2. The Balaban J connectivity index is 1.31. The molecule has 4 aromatic rings. The number of ether oxygens (including phenoxy) is 1. The highest BCUT2D eigenvalue weighted by molar-refractivity contribution is 7.93. The van der Waals surface area contributed by atoms with Gasteiger partial charge in [0.05, 0.1) is 29.1 Å². The fourth-order valence-corrected chi connectivity index (χ4v) is 6.99. The average molecular weight is 639 g/mol. The maximum Gasteiger partial charge on any atom is 0.417 e. The third-order valence-electron chi connectivity index (χ3n) is 7.51. The Morgan fingerprint density at radius 1 is 0.978 bits per heavy atom. The molecule has 1 aliphatic rings. The topological polar surface area (TPSA) is 113 Å². The van der Waals surface area contributed by atoms with E-state index in [1.165, 1.54) is 42.5 Å². The van der Waals surface area contributed by atoms with E-state index >= 15 is 0 Å². The van der Waals surface area contributed by atoms with Gasteiger partial charge in [0.15, 0.2) is 0 Å². The van der Waals surface area contributed by atoms with Gasteiger partial charge in [0.1, 0.15) is 18.4 Å². The van der Waals surface area contributed by atoms with E-state index < -0.39 is 39.7 Å². The molecule has 1 atom stereocenters. The van der Waals surface area contributed by atoms with Crippen LogP contribution in [0.3, 0.4) is 0 Å². The Morgan fingerprint density at radius 3 is 2.36 bits per heavy atom. The van der Waals surface area contributed by atoms with E-state index in [0.29, 0.717) is 22.6 Å². The number of aryl methyl sites for hydroxylation is 1. The zero-order valence-corrected chi connectivity index (χ0v) is 24.9. The van der Waals surface area contributed by atoms with Crippen LogP contribution in [0, 0.1) is 6.92 Å². The van der Waals surface area contributed by atoms with Gasteiger partial charge < -0.3 is 15.2 Å². The van der Waals surface area contributed by atoms with Gasteiger partial charge in [-0.05, 0) is 71.1 Å². The molecule has 5 rings (SSSR count). The second-order valence-corrected chi connectivity index (χ2v) is 12.3. The maximum absolute atomic E-state index is 13.9. The predicted molar refractivity (Wildman–Crippen MR) is 162 cm³/mol. The molecule has 12 heteroatoms. The molecule has 8 nitrogen and oxygen atoms in total. The molecule has 45 heavy (non-hydrogen) atoms. The molecule has 0 unspecified atom stereocenters. The first-order valence-electron chi connectivity index (χ1n) is 14.0. The van der Waals surface area contributed by atoms with Crippen LogP contribution < -0.4 is 14.4 Å². The summed E-state index contributed by atoms with van der Waals surface area (Å²) in [6.07, 6.45) is -4.57. The first kappa shape index (κ1) is 31.6. The fourth-order valence-electron chi connectivity index (χ4n) is 5.34. The number of carboxylic acid groups (broad SMARTS) is 1. The Kier molecular flexibility index (Phi) is 8.87. The van der Waals surface area contributed by atoms with E-state index in [0.717, 1.165) is 15.9 Å². The van der Waals surface area contributed by atoms with Crippen molar-refractivity contribution in [3.8, 4) is 16.9 Å². The van der Waals surface area contributed by atoms with E-state index in [9.17, 15) is 31.2 Å². The molecular formula is C33H29F3N2O6S. The number of anilines is 1. The Labute approximate surface area is 258 Å². The molecule has 0 saturated heterocycles. The van der Waals surface area contributed by atoms with Gasteiger partial charge in [0.25, 0.3) is 10.0 Å². The molecule has 0 saturated carbocycles. The Morgan fingerprint density at radius 2 is 1.67 bits per heavy atom. The minimum absolute atomic E-state index is 0.0722. The van der Waals surface area contributed by atoms with Crippen LogP contribution in [-0.2, 0) is 38.6 Å². The smallest absolute Gasteiger partial charge is 0.417 e. The molecule has 1 aliphatic heterocycles. The summed E-state index contributed by atoms with van der Waals surface area (Å²) in [6, 6.07) is 20.8. The van der Waals surface area contributed by atoms with E-state index in [-0.39, 0.29) is 42.0 Å². The number of amides is 1. The zero-order chi connectivity index (χ0) is 32.4. The van der Waals surface area contributed by atoms with Gasteiger partial charge in [-0.15, -0.1) is 0 Å². The summed E-state index contributed by atoms with van der Waals surface area (Å²) in [4.78, 5) is 24.2. The average Bonchev–Trinajstić information content (AvgIpc) is 3.41. The summed E-state index contributed by atoms with van der Waals surface area (Å²) in [5, 5.41) is 11.7. The molecule has 0 radical (unpaired) electrons. The van der Waals surface area contributed by atoms with Crippen LogP contribution >= 0.6 is 0 Å². The van der Waals surface area contributed by atoms with Crippen molar-refractivity contribution in [2.45, 2.75) is 36.9 Å². The number of benzene rings is 4. The lowest BCUT2D eigenvalue weighted by Gasteiger charge is -2.26. The highest BCUT2D eigenvalue weighted by Gasteiger charge is 2.42. The van der Waals surface area contributed by atoms with Crippen LogP contribution in [0.15, 0.2) is 95.9 Å². The fraction of sp³-hybridized carbons (Fsp3) is 0.212. The standard InChI is InChI=1S/C33H29F3N2O6S/c1-21-18-25(13-10-23(21)20-31(39)40)44-17-16-37-32(41)30-19-24-6-2-5-9-29(24)38(30)45(42,43)26-14-11-22(12-15-26)27-7-3-4-8-28(27)33(34,35)36/h2-15,18,30H,16-17,19-20H2,1H3,(H,37,41)(H,39,40)/t30-/m0/s1. The van der Waals surface area contributed by atoms with Crippen LogP contribution in [0.5, 0.6) is 5.75 Å². The SMILES string of the molecule is Cc1cc(OCCNC(=O)[C@@H]2Cc3ccccc3N2S(=O)(=O)c2ccc(-c3ccccc3C(F)(F)F)cc2)ccc1CC(=O)O. The lowest BCUT2D eigenvalue weighted by atomic mass is 9.99. The molecule has 0 spiro atoms. The minimum atomic E-state index is -4.59. The number of rotatable bonds is 10. The van der Waals surface area contributed by atoms with Crippen molar-refractivity contribution in [3.05, 3.63) is 113 Å². The quantitative estimate of drug-likeness (QED) is 0.218. The highest BCUT2D eigenvalue weighted by Crippen LogP contribution is 2.39. The highest BCUT2D eigenvalue weighted by atomic mass is 32.2. The number of carboxylic acids is 1. The molecule has 0 aliphatic carbocycles. The number of sulfonamides is 1. The summed E-state index contributed by atoms with van der Waals surface area (Å²) in [5.74, 6) is -0.986. The third kappa shape index (κ3) is 6.80. The van der Waals surface area contributed by atoms with Gasteiger partial charge in [-0.25, -0.2) is 8.42 Å². The number of halogens is 3. The lowest BCUT2D eigenvalue weighted by molar-refractivity contribution is -0.137. The van der Waals surface area contributed by atoms with Crippen molar-refractivity contribution in [1.82, 2.24) is 5.32 Å². The maximum atomic E-state index is 13.9. The van der Waals surface area contributed by atoms with Crippen LogP contribution in [0.4, 0.5) is 18.9 Å². The van der Waals surface area contributed by atoms with E-state index in [1.54, 1.807) is 49.4 Å². The van der Waals surface area contributed by atoms with E-state index in [2.05, 4.69) is 5.32 Å². The second-order valence-electron chi connectivity index (χ2n) is 10.5. The van der Waals surface area contributed by atoms with Gasteiger partial charge in [0.2, 0.25) is 5.91 Å². The number of hydrogen-bond acceptors (Lipinski definition) is 5. The number of nitrogens with one attached hydrogen (secondary N) is 1. The number of para-hydroxylation sites is 1. The number of aliphatic carboxylic acids is 1. The molecule has 234 valence electrons. The van der Waals surface area contributed by atoms with Gasteiger partial charge in [-0.2, -0.15) is 13.2 Å². The normalized spacial score (nSPS) is 14.6. The van der Waals surface area contributed by atoms with Gasteiger partial charge in [-0.1, -0.05) is 54.6 Å². The van der Waals surface area contributed by atoms with Gasteiger partial charge in [-0.3, -0.25) is 13.9 Å². The number of alkyl halides is 3. The number of fused-ring (bicyclic) bond motifs is 1. The van der Waals surface area contributed by atoms with Crippen molar-refractivity contribution in [2.75, 3.05) is 17.5 Å². The van der Waals surface area contributed by atoms with Gasteiger partial charge in [0, 0.05) is 6.42 Å². The first-order valence-corrected chi connectivity index (χ1v) is 15.4. The van der Waals surface area contributed by atoms with Crippen LogP contribution in [0.1, 0.15) is 22.3 Å². The Hall–Kier alpha value is -4.84. The lowest BCUT2D eigenvalue weighted by Crippen LogP contribution is -2.48. The number of carbonyl (C=O) groups excluding carboxylic acids is 1. The van der Waals surface area contributed by atoms with E-state index in [4.69, 9.17) is 9.84 Å². The van der Waals surface area contributed by atoms with Crippen LogP contribution in [0.25, 0.3) is 11.1 Å². The zero-order valence-electron chi connectivity index (χ0n) is 24.0. The molecular weight excluding hydrogens is 609 g/mol. The number of carbonyl (C=O) groups is 2. The molecule has 4 aromatic carbocycles. The largest absolute Gasteiger partial charge is 0.492 e. The molecule has 2 N–H and O–H groups in total. The van der Waals surface area contributed by atoms with Gasteiger partial charge >= 0.3 is 12.1 Å². The summed E-state index contributed by atoms with van der Waals surface area (Å²) in [5.41, 5.74) is 1.70. The van der Waals surface area contributed by atoms with Crippen molar-refractivity contribution in [1.29, 1.82) is 0 Å². The second kappa shape index (κ2) is 12.6.